The van der Waals surface area contributed by atoms with E-state index in [1.807, 2.05) is 30.3 Å². The zero-order valence-electron chi connectivity index (χ0n) is 16.7. The average molecular weight is 475 g/mol. The van der Waals surface area contributed by atoms with Crippen LogP contribution in [0.3, 0.4) is 0 Å². The van der Waals surface area contributed by atoms with E-state index in [1.54, 1.807) is 0 Å². The molecule has 1 aromatic rings. The minimum Gasteiger partial charge on any atom is -0.480 e. The molecule has 30 heavy (non-hydrogen) atoms. The Bertz CT molecular complexity index is 719. The number of hydrogen-bond donors (Lipinski definition) is 3. The van der Waals surface area contributed by atoms with E-state index in [-0.39, 0.29) is 22.5 Å². The summed E-state index contributed by atoms with van der Waals surface area (Å²) in [4.78, 5) is 47.1. The first kappa shape index (κ1) is 26.3. The lowest BCUT2D eigenvalue weighted by molar-refractivity contribution is -0.144. The summed E-state index contributed by atoms with van der Waals surface area (Å²) in [6, 6.07) is 7.50. The van der Waals surface area contributed by atoms with Crippen LogP contribution in [0.4, 0.5) is 0 Å². The zero-order chi connectivity index (χ0) is 22.5. The topological polar surface area (TPSA) is 136 Å². The van der Waals surface area contributed by atoms with E-state index in [4.69, 9.17) is 15.6 Å². The summed E-state index contributed by atoms with van der Waals surface area (Å²) < 4.78 is 4.77. The number of rotatable bonds is 13. The maximum absolute atomic E-state index is 12.9. The summed E-state index contributed by atoms with van der Waals surface area (Å²) in [6.07, 6.45) is 0.427. The third-order valence-electron chi connectivity index (χ3n) is 3.87. The van der Waals surface area contributed by atoms with Gasteiger partial charge in [0, 0.05) is 24.2 Å². The summed E-state index contributed by atoms with van der Waals surface area (Å²) in [6.45, 7) is 1.44. The van der Waals surface area contributed by atoms with Crippen molar-refractivity contribution in [1.82, 2.24) is 5.32 Å². The highest BCUT2D eigenvalue weighted by Crippen LogP contribution is 2.23. The predicted molar refractivity (Wildman–Crippen MR) is 121 cm³/mol. The first-order valence-electron chi connectivity index (χ1n) is 9.02. The molecule has 0 aliphatic rings. The molecule has 0 aliphatic carbocycles. The van der Waals surface area contributed by atoms with Gasteiger partial charge in [0.2, 0.25) is 5.91 Å². The maximum atomic E-state index is 12.9. The van der Waals surface area contributed by atoms with Crippen molar-refractivity contribution in [2.24, 2.45) is 11.7 Å². The van der Waals surface area contributed by atoms with Crippen LogP contribution in [0.5, 0.6) is 0 Å². The van der Waals surface area contributed by atoms with E-state index in [9.17, 15) is 19.2 Å². The number of amides is 1. The highest BCUT2D eigenvalue weighted by Gasteiger charge is 2.27. The molecule has 166 valence electrons. The lowest BCUT2D eigenvalue weighted by Crippen LogP contribution is -2.46. The summed E-state index contributed by atoms with van der Waals surface area (Å²) in [5.74, 6) is -1.92. The molecule has 4 N–H and O–H groups in total. The first-order valence-corrected chi connectivity index (χ1v) is 12.5. The molecule has 1 unspecified atom stereocenters. The summed E-state index contributed by atoms with van der Waals surface area (Å²) in [7, 11) is 3.66. The van der Waals surface area contributed by atoms with Crippen molar-refractivity contribution in [2.45, 2.75) is 25.4 Å². The van der Waals surface area contributed by atoms with Crippen LogP contribution in [-0.4, -0.2) is 64.5 Å². The Hall–Kier alpha value is -1.69. The number of ether oxygens (including phenoxy) is 1. The number of carboxylic acid groups (broad SMARTS) is 1. The fraction of sp³-hybridized carbons (Fsp3) is 0.474. The number of aliphatic carboxylic acids is 1. The van der Waals surface area contributed by atoms with Gasteiger partial charge >= 0.3 is 11.9 Å². The lowest BCUT2D eigenvalue weighted by Gasteiger charge is -2.21. The first-order chi connectivity index (χ1) is 14.2. The lowest BCUT2D eigenvalue weighted by atomic mass is 10.00. The van der Waals surface area contributed by atoms with Gasteiger partial charge in [-0.05, 0) is 12.0 Å². The Morgan fingerprint density at radius 2 is 1.73 bits per heavy atom. The van der Waals surface area contributed by atoms with E-state index in [0.717, 1.165) is 17.3 Å². The van der Waals surface area contributed by atoms with Crippen molar-refractivity contribution < 1.29 is 29.0 Å². The second-order valence-corrected chi connectivity index (χ2v) is 10.0. The smallest absolute Gasteiger partial charge is 0.329 e. The molecular weight excluding hydrogens is 448 g/mol. The van der Waals surface area contributed by atoms with Gasteiger partial charge in [-0.1, -0.05) is 63.7 Å². The van der Waals surface area contributed by atoms with Crippen molar-refractivity contribution in [3.05, 3.63) is 35.9 Å². The molecule has 1 aromatic carbocycles. The molecule has 0 fully saturated rings. The van der Waals surface area contributed by atoms with E-state index in [1.165, 1.54) is 35.6 Å². The molecule has 1 rings (SSSR count). The van der Waals surface area contributed by atoms with E-state index < -0.39 is 29.9 Å². The minimum atomic E-state index is -1.10. The van der Waals surface area contributed by atoms with Crippen LogP contribution in [0.2, 0.25) is 0 Å². The Kier molecular flexibility index (Phi) is 12.6. The number of methoxy groups -OCH3 is 1. The largest absolute Gasteiger partial charge is 0.480 e. The summed E-state index contributed by atoms with van der Waals surface area (Å²) in [5.41, 5.74) is 6.39. The van der Waals surface area contributed by atoms with Gasteiger partial charge in [-0.15, -0.1) is 0 Å². The van der Waals surface area contributed by atoms with Crippen LogP contribution >= 0.6 is 33.3 Å². The highest BCUT2D eigenvalue weighted by atomic mass is 33.1. The summed E-state index contributed by atoms with van der Waals surface area (Å²) >= 11 is 1.06. The molecule has 1 amide bonds. The number of hydrogen-bond acceptors (Lipinski definition) is 9. The molecule has 11 heteroatoms. The molecule has 0 saturated carbocycles. The Labute approximate surface area is 187 Å². The third-order valence-corrected chi connectivity index (χ3v) is 7.29. The van der Waals surface area contributed by atoms with Gasteiger partial charge < -0.3 is 20.9 Å². The molecule has 0 aliphatic heterocycles. The molecule has 0 bridgehead atoms. The number of benzene rings is 1. The van der Waals surface area contributed by atoms with Gasteiger partial charge in [0.1, 0.15) is 12.1 Å². The normalized spacial score (nSPS) is 13.7. The van der Waals surface area contributed by atoms with Crippen LogP contribution in [-0.2, 0) is 30.3 Å². The third kappa shape index (κ3) is 10.4. The van der Waals surface area contributed by atoms with Crippen molar-refractivity contribution in [2.75, 3.05) is 24.4 Å². The molecule has 3 atom stereocenters. The second kappa shape index (κ2) is 14.3. The summed E-state index contributed by atoms with van der Waals surface area (Å²) in [5, 5.41) is 11.4. The van der Waals surface area contributed by atoms with Crippen molar-refractivity contribution in [3.63, 3.8) is 0 Å². The number of carbonyl (C=O) groups excluding carboxylic acids is 3. The molecular formula is C19H26N2O6S3. The van der Waals surface area contributed by atoms with Gasteiger partial charge in [0.15, 0.2) is 5.12 Å². The van der Waals surface area contributed by atoms with Crippen LogP contribution < -0.4 is 11.1 Å². The predicted octanol–water partition coefficient (Wildman–Crippen LogP) is 1.58. The van der Waals surface area contributed by atoms with E-state index >= 15 is 0 Å². The van der Waals surface area contributed by atoms with E-state index in [0.29, 0.717) is 12.2 Å². The fourth-order valence-corrected chi connectivity index (χ4v) is 5.22. The SMILES string of the molecule is COC(=O)[C@H](CSSC[C@H](N)C(=O)O)NC(=O)C(CSC(C)=O)Cc1ccccc1. The minimum absolute atomic E-state index is 0.0906. The van der Waals surface area contributed by atoms with Crippen molar-refractivity contribution in [1.29, 1.82) is 0 Å². The Morgan fingerprint density at radius 3 is 2.30 bits per heavy atom. The Morgan fingerprint density at radius 1 is 1.10 bits per heavy atom. The zero-order valence-corrected chi connectivity index (χ0v) is 19.2. The van der Waals surface area contributed by atoms with Crippen molar-refractivity contribution in [3.8, 4) is 0 Å². The molecule has 0 spiro atoms. The van der Waals surface area contributed by atoms with Gasteiger partial charge in [0.05, 0.1) is 13.0 Å². The fourth-order valence-electron chi connectivity index (χ4n) is 2.25. The molecule has 0 radical (unpaired) electrons. The number of nitrogens with one attached hydrogen (secondary N) is 1. The molecule has 0 aromatic heterocycles. The maximum Gasteiger partial charge on any atom is 0.329 e. The number of carboxylic acids is 1. The molecule has 8 nitrogen and oxygen atoms in total. The average Bonchev–Trinajstić information content (AvgIpc) is 2.72. The van der Waals surface area contributed by atoms with Crippen LogP contribution in [0.15, 0.2) is 30.3 Å². The van der Waals surface area contributed by atoms with Gasteiger partial charge in [-0.3, -0.25) is 14.4 Å². The Balaban J connectivity index is 2.74. The van der Waals surface area contributed by atoms with Crippen LogP contribution in [0.1, 0.15) is 12.5 Å². The monoisotopic (exact) mass is 474 g/mol. The number of esters is 1. The molecule has 0 saturated heterocycles. The van der Waals surface area contributed by atoms with Crippen LogP contribution in [0.25, 0.3) is 0 Å². The number of thioether (sulfide) groups is 1. The number of nitrogens with two attached hydrogens (primary N) is 1. The molecule has 0 heterocycles. The van der Waals surface area contributed by atoms with Gasteiger partial charge in [-0.25, -0.2) is 4.79 Å². The second-order valence-electron chi connectivity index (χ2n) is 6.29. The highest BCUT2D eigenvalue weighted by molar-refractivity contribution is 8.76. The van der Waals surface area contributed by atoms with Gasteiger partial charge in [0.25, 0.3) is 0 Å². The van der Waals surface area contributed by atoms with Crippen LogP contribution in [0, 0.1) is 5.92 Å². The van der Waals surface area contributed by atoms with Crippen molar-refractivity contribution >= 4 is 56.3 Å². The number of carbonyl (C=O) groups is 4. The standard InChI is InChI=1S/C19H26N2O6S3/c1-12(22)28-9-14(8-13-6-4-3-5-7-13)17(23)21-16(19(26)27-2)11-30-29-10-15(20)18(24)25/h3-7,14-16H,8-11,20H2,1-2H3,(H,21,23)(H,24,25)/t14?,15-,16-/m0/s1. The van der Waals surface area contributed by atoms with E-state index in [2.05, 4.69) is 5.32 Å². The van der Waals surface area contributed by atoms with Gasteiger partial charge in [-0.2, -0.15) is 0 Å². The quantitative estimate of drug-likeness (QED) is 0.220.